The summed E-state index contributed by atoms with van der Waals surface area (Å²) in [6.07, 6.45) is 1.42. The van der Waals surface area contributed by atoms with Gasteiger partial charge in [-0.15, -0.1) is 0 Å². The van der Waals surface area contributed by atoms with Gasteiger partial charge in [0, 0.05) is 11.6 Å². The van der Waals surface area contributed by atoms with E-state index >= 15 is 0 Å². The largest absolute Gasteiger partial charge is 0.308 e. The average molecular weight is 255 g/mol. The van der Waals surface area contributed by atoms with E-state index in [0.29, 0.717) is 15.9 Å². The number of hydrogen-bond acceptors (Lipinski definition) is 4. The van der Waals surface area contributed by atoms with E-state index in [9.17, 15) is 0 Å². The van der Waals surface area contributed by atoms with E-state index in [-0.39, 0.29) is 0 Å². The van der Waals surface area contributed by atoms with Gasteiger partial charge in [0.15, 0.2) is 0 Å². The number of nitrogen functional groups attached to an aromatic ring is 1. The number of anilines is 1. The quantitative estimate of drug-likeness (QED) is 0.639. The molecule has 0 unspecified atom stereocenters. The molecule has 0 atom stereocenters. The first-order chi connectivity index (χ1) is 7.70. The highest BCUT2D eigenvalue weighted by Gasteiger charge is 2.04. The fourth-order valence-corrected chi connectivity index (χ4v) is 1.55. The molecule has 1 aromatic heterocycles. The number of nitrogens with one attached hydrogen (secondary N) is 1. The maximum absolute atomic E-state index is 5.92. The molecule has 0 aliphatic heterocycles. The zero-order valence-corrected chi connectivity index (χ0v) is 9.63. The van der Waals surface area contributed by atoms with Crippen molar-refractivity contribution >= 4 is 29.0 Å². The van der Waals surface area contributed by atoms with Gasteiger partial charge in [-0.1, -0.05) is 29.3 Å². The van der Waals surface area contributed by atoms with E-state index < -0.39 is 0 Å². The van der Waals surface area contributed by atoms with Crippen LogP contribution < -0.4 is 11.3 Å². The molecular weight excluding hydrogens is 247 g/mol. The van der Waals surface area contributed by atoms with Gasteiger partial charge in [0.05, 0.1) is 15.7 Å². The summed E-state index contributed by atoms with van der Waals surface area (Å²) in [5.41, 5.74) is 4.03. The number of benzene rings is 1. The van der Waals surface area contributed by atoms with Gasteiger partial charge in [0.1, 0.15) is 12.1 Å². The van der Waals surface area contributed by atoms with Crippen LogP contribution in [-0.4, -0.2) is 9.97 Å². The molecule has 3 N–H and O–H groups in total. The van der Waals surface area contributed by atoms with Crippen LogP contribution in [0.3, 0.4) is 0 Å². The van der Waals surface area contributed by atoms with E-state index in [1.165, 1.54) is 6.33 Å². The van der Waals surface area contributed by atoms with E-state index in [2.05, 4.69) is 15.4 Å². The number of aromatic nitrogens is 2. The third-order valence-corrected chi connectivity index (χ3v) is 2.77. The molecule has 0 radical (unpaired) electrons. The second-order valence-corrected chi connectivity index (χ2v) is 3.88. The van der Waals surface area contributed by atoms with Crippen molar-refractivity contribution in [2.45, 2.75) is 0 Å². The lowest BCUT2D eigenvalue weighted by Crippen LogP contribution is -2.08. The van der Waals surface area contributed by atoms with Crippen LogP contribution in [0, 0.1) is 0 Å². The van der Waals surface area contributed by atoms with Crippen LogP contribution in [0.2, 0.25) is 10.0 Å². The lowest BCUT2D eigenvalue weighted by Gasteiger charge is -2.04. The predicted octanol–water partition coefficient (Wildman–Crippen LogP) is 2.74. The summed E-state index contributed by atoms with van der Waals surface area (Å²) in [5.74, 6) is 5.80. The van der Waals surface area contributed by atoms with Crippen molar-refractivity contribution in [1.82, 2.24) is 9.97 Å². The Hall–Kier alpha value is -1.36. The molecule has 82 valence electrons. The number of nitrogens with zero attached hydrogens (tertiary/aromatic N) is 2. The summed E-state index contributed by atoms with van der Waals surface area (Å²) in [6, 6.07) is 7.01. The van der Waals surface area contributed by atoms with Gasteiger partial charge in [0.25, 0.3) is 0 Å². The maximum Gasteiger partial charge on any atom is 0.143 e. The molecule has 0 saturated heterocycles. The van der Waals surface area contributed by atoms with Gasteiger partial charge in [-0.2, -0.15) is 0 Å². The Labute approximate surface area is 102 Å². The molecule has 2 aromatic rings. The highest BCUT2D eigenvalue weighted by atomic mass is 35.5. The van der Waals surface area contributed by atoms with Crippen LogP contribution in [0.4, 0.5) is 5.82 Å². The second-order valence-electron chi connectivity index (χ2n) is 3.06. The first-order valence-corrected chi connectivity index (χ1v) is 5.20. The SMILES string of the molecule is NNc1cc(-c2ccc(Cl)c(Cl)c2)ncn1. The minimum atomic E-state index is 0.486. The predicted molar refractivity (Wildman–Crippen MR) is 65.3 cm³/mol. The van der Waals surface area contributed by atoms with Crippen molar-refractivity contribution in [2.75, 3.05) is 5.43 Å². The van der Waals surface area contributed by atoms with Gasteiger partial charge in [-0.05, 0) is 12.1 Å². The molecule has 4 nitrogen and oxygen atoms in total. The highest BCUT2D eigenvalue weighted by Crippen LogP contribution is 2.27. The van der Waals surface area contributed by atoms with Crippen LogP contribution in [0.25, 0.3) is 11.3 Å². The molecular formula is C10H8Cl2N4. The highest BCUT2D eigenvalue weighted by molar-refractivity contribution is 6.42. The molecule has 1 aromatic carbocycles. The molecule has 0 saturated carbocycles. The smallest absolute Gasteiger partial charge is 0.143 e. The molecule has 0 aliphatic carbocycles. The summed E-state index contributed by atoms with van der Waals surface area (Å²) < 4.78 is 0. The zero-order valence-electron chi connectivity index (χ0n) is 8.11. The first-order valence-electron chi connectivity index (χ1n) is 4.45. The standard InChI is InChI=1S/C10H8Cl2N4/c11-7-2-1-6(3-8(7)12)9-4-10(16-13)15-5-14-9/h1-5H,13H2,(H,14,15,16). The Bertz CT molecular complexity index is 516. The van der Waals surface area contributed by atoms with Crippen molar-refractivity contribution in [3.8, 4) is 11.3 Å². The van der Waals surface area contributed by atoms with Crippen LogP contribution in [0.5, 0.6) is 0 Å². The molecule has 0 fully saturated rings. The van der Waals surface area contributed by atoms with Gasteiger partial charge < -0.3 is 5.43 Å². The molecule has 6 heteroatoms. The lowest BCUT2D eigenvalue weighted by atomic mass is 10.1. The van der Waals surface area contributed by atoms with Gasteiger partial charge in [-0.3, -0.25) is 0 Å². The monoisotopic (exact) mass is 254 g/mol. The normalized spacial score (nSPS) is 10.2. The molecule has 16 heavy (non-hydrogen) atoms. The van der Waals surface area contributed by atoms with Gasteiger partial charge in [0.2, 0.25) is 0 Å². The Morgan fingerprint density at radius 2 is 1.88 bits per heavy atom. The van der Waals surface area contributed by atoms with E-state index in [1.807, 2.05) is 6.07 Å². The maximum atomic E-state index is 5.92. The Balaban J connectivity index is 2.46. The molecule has 2 rings (SSSR count). The van der Waals surface area contributed by atoms with Crippen molar-refractivity contribution in [1.29, 1.82) is 0 Å². The van der Waals surface area contributed by atoms with Crippen LogP contribution in [0.15, 0.2) is 30.6 Å². The van der Waals surface area contributed by atoms with Gasteiger partial charge >= 0.3 is 0 Å². The zero-order chi connectivity index (χ0) is 11.5. The summed E-state index contributed by atoms with van der Waals surface area (Å²) in [5, 5.41) is 0.997. The second kappa shape index (κ2) is 4.65. The Morgan fingerprint density at radius 3 is 2.56 bits per heavy atom. The number of nitrogens with two attached hydrogens (primary N) is 1. The fourth-order valence-electron chi connectivity index (χ4n) is 1.25. The number of hydrogen-bond donors (Lipinski definition) is 2. The summed E-state index contributed by atoms with van der Waals surface area (Å²) in [6.45, 7) is 0. The van der Waals surface area contributed by atoms with E-state index in [4.69, 9.17) is 29.0 Å². The lowest BCUT2D eigenvalue weighted by molar-refractivity contribution is 1.14. The van der Waals surface area contributed by atoms with Crippen LogP contribution >= 0.6 is 23.2 Å². The topological polar surface area (TPSA) is 63.8 Å². The minimum absolute atomic E-state index is 0.486. The minimum Gasteiger partial charge on any atom is -0.308 e. The van der Waals surface area contributed by atoms with Crippen LogP contribution in [0.1, 0.15) is 0 Å². The first kappa shape index (κ1) is 11.1. The number of halogens is 2. The van der Waals surface area contributed by atoms with Crippen molar-refractivity contribution in [3.63, 3.8) is 0 Å². The third kappa shape index (κ3) is 2.24. The molecule has 0 amide bonds. The molecule has 0 spiro atoms. The van der Waals surface area contributed by atoms with Crippen molar-refractivity contribution < 1.29 is 0 Å². The Kier molecular flexibility index (Phi) is 3.24. The van der Waals surface area contributed by atoms with Crippen molar-refractivity contribution in [3.05, 3.63) is 40.6 Å². The molecule has 1 heterocycles. The summed E-state index contributed by atoms with van der Waals surface area (Å²) >= 11 is 11.8. The van der Waals surface area contributed by atoms with Crippen molar-refractivity contribution in [2.24, 2.45) is 5.84 Å². The summed E-state index contributed by atoms with van der Waals surface area (Å²) in [7, 11) is 0. The Morgan fingerprint density at radius 1 is 1.06 bits per heavy atom. The van der Waals surface area contributed by atoms with Crippen LogP contribution in [-0.2, 0) is 0 Å². The molecule has 0 aliphatic rings. The fraction of sp³-hybridized carbons (Fsp3) is 0. The number of rotatable bonds is 2. The number of hydrazine groups is 1. The van der Waals surface area contributed by atoms with E-state index in [1.54, 1.807) is 18.2 Å². The van der Waals surface area contributed by atoms with E-state index in [0.717, 1.165) is 11.3 Å². The summed E-state index contributed by atoms with van der Waals surface area (Å²) in [4.78, 5) is 8.04. The average Bonchev–Trinajstić information content (AvgIpc) is 2.33. The van der Waals surface area contributed by atoms with Gasteiger partial charge in [-0.25, -0.2) is 15.8 Å². The third-order valence-electron chi connectivity index (χ3n) is 2.03. The molecule has 0 bridgehead atoms.